The van der Waals surface area contributed by atoms with E-state index in [0.29, 0.717) is 21.5 Å². The SMILES string of the molecule is CCOC(=O)c1ccc(C)c(N(C)S(=O)(=O)c2ccc(OC)c(Br)c2)c1. The number of methoxy groups -OCH3 is 1. The molecule has 6 nitrogen and oxygen atoms in total. The van der Waals surface area contributed by atoms with Crippen molar-refractivity contribution in [3.63, 3.8) is 0 Å². The summed E-state index contributed by atoms with van der Waals surface area (Å²) in [5.74, 6) is 0.0406. The maximum atomic E-state index is 13.0. The van der Waals surface area contributed by atoms with Gasteiger partial charge in [0.25, 0.3) is 10.0 Å². The van der Waals surface area contributed by atoms with E-state index in [4.69, 9.17) is 9.47 Å². The van der Waals surface area contributed by atoms with Crippen LogP contribution in [0.25, 0.3) is 0 Å². The fourth-order valence-corrected chi connectivity index (χ4v) is 4.36. The largest absolute Gasteiger partial charge is 0.496 e. The molecule has 0 unspecified atom stereocenters. The number of aryl methyl sites for hydroxylation is 1. The van der Waals surface area contributed by atoms with Gasteiger partial charge in [-0.25, -0.2) is 13.2 Å². The number of rotatable bonds is 6. The zero-order valence-electron chi connectivity index (χ0n) is 14.9. The Morgan fingerprint density at radius 1 is 1.19 bits per heavy atom. The number of halogens is 1. The first-order valence-electron chi connectivity index (χ1n) is 7.82. The van der Waals surface area contributed by atoms with Crippen molar-refractivity contribution in [2.75, 3.05) is 25.1 Å². The molecule has 0 saturated heterocycles. The summed E-state index contributed by atoms with van der Waals surface area (Å²) in [4.78, 5) is 12.1. The summed E-state index contributed by atoms with van der Waals surface area (Å²) < 4.78 is 37.8. The molecule has 0 aliphatic rings. The van der Waals surface area contributed by atoms with Crippen LogP contribution in [0.1, 0.15) is 22.8 Å². The zero-order valence-corrected chi connectivity index (χ0v) is 17.3. The number of carbonyl (C=O) groups excluding carboxylic acids is 1. The summed E-state index contributed by atoms with van der Waals surface area (Å²) in [6, 6.07) is 9.35. The molecule has 0 spiro atoms. The molecule has 26 heavy (non-hydrogen) atoms. The van der Waals surface area contributed by atoms with Crippen molar-refractivity contribution in [3.8, 4) is 5.75 Å². The van der Waals surface area contributed by atoms with Crippen LogP contribution < -0.4 is 9.04 Å². The van der Waals surface area contributed by atoms with Gasteiger partial charge in [-0.2, -0.15) is 0 Å². The average Bonchev–Trinajstić information content (AvgIpc) is 2.61. The maximum Gasteiger partial charge on any atom is 0.338 e. The minimum absolute atomic E-state index is 0.105. The van der Waals surface area contributed by atoms with Gasteiger partial charge in [-0.3, -0.25) is 4.31 Å². The molecule has 0 radical (unpaired) electrons. The van der Waals surface area contributed by atoms with Gasteiger partial charge in [0.15, 0.2) is 0 Å². The Morgan fingerprint density at radius 3 is 2.46 bits per heavy atom. The number of nitrogens with zero attached hydrogens (tertiary/aromatic N) is 1. The van der Waals surface area contributed by atoms with Crippen LogP contribution in [0, 0.1) is 6.92 Å². The first-order valence-corrected chi connectivity index (χ1v) is 10.1. The van der Waals surface area contributed by atoms with Gasteiger partial charge in [-0.05, 0) is 65.7 Å². The Balaban J connectivity index is 2.46. The highest BCUT2D eigenvalue weighted by Crippen LogP contribution is 2.31. The number of benzene rings is 2. The number of sulfonamides is 1. The standard InChI is InChI=1S/C18H20BrNO5S/c1-5-25-18(21)13-7-6-12(2)16(10-13)20(3)26(22,23)14-8-9-17(24-4)15(19)11-14/h6-11H,5H2,1-4H3. The number of carbonyl (C=O) groups is 1. The van der Waals surface area contributed by atoms with Crippen LogP contribution in [-0.2, 0) is 14.8 Å². The quantitative estimate of drug-likeness (QED) is 0.637. The summed E-state index contributed by atoms with van der Waals surface area (Å²) in [5, 5.41) is 0. The van der Waals surface area contributed by atoms with Gasteiger partial charge in [0.2, 0.25) is 0 Å². The van der Waals surface area contributed by atoms with E-state index in [2.05, 4.69) is 15.9 Å². The highest BCUT2D eigenvalue weighted by Gasteiger charge is 2.24. The van der Waals surface area contributed by atoms with Crippen molar-refractivity contribution in [1.82, 2.24) is 0 Å². The van der Waals surface area contributed by atoms with Crippen LogP contribution in [0.5, 0.6) is 5.75 Å². The molecule has 2 aromatic rings. The summed E-state index contributed by atoms with van der Waals surface area (Å²) in [7, 11) is -0.867. The predicted octanol–water partition coefficient (Wildman–Crippen LogP) is 3.77. The molecule has 0 bridgehead atoms. The Hall–Kier alpha value is -2.06. The predicted molar refractivity (Wildman–Crippen MR) is 103 cm³/mol. The number of ether oxygens (including phenoxy) is 2. The summed E-state index contributed by atoms with van der Waals surface area (Å²) >= 11 is 3.30. The molecular weight excluding hydrogens is 422 g/mol. The molecule has 2 aromatic carbocycles. The van der Waals surface area contributed by atoms with Gasteiger partial charge in [0, 0.05) is 7.05 Å². The van der Waals surface area contributed by atoms with Gasteiger partial charge in [0.1, 0.15) is 5.75 Å². The van der Waals surface area contributed by atoms with Gasteiger partial charge in [0.05, 0.1) is 34.3 Å². The molecule has 0 saturated carbocycles. The molecule has 8 heteroatoms. The van der Waals surface area contributed by atoms with E-state index in [1.54, 1.807) is 32.0 Å². The summed E-state index contributed by atoms with van der Waals surface area (Å²) in [6.07, 6.45) is 0. The molecule has 0 N–H and O–H groups in total. The lowest BCUT2D eigenvalue weighted by atomic mass is 10.1. The van der Waals surface area contributed by atoms with Gasteiger partial charge < -0.3 is 9.47 Å². The Morgan fingerprint density at radius 2 is 1.88 bits per heavy atom. The Kier molecular flexibility index (Phi) is 6.30. The number of anilines is 1. The van der Waals surface area contributed by atoms with Crippen molar-refractivity contribution in [1.29, 1.82) is 0 Å². The van der Waals surface area contributed by atoms with Gasteiger partial charge in [-0.1, -0.05) is 6.07 Å². The van der Waals surface area contributed by atoms with Crippen LogP contribution in [0.3, 0.4) is 0 Å². The first-order chi connectivity index (χ1) is 12.2. The zero-order chi connectivity index (χ0) is 19.5. The summed E-state index contributed by atoms with van der Waals surface area (Å²) in [5.41, 5.74) is 1.42. The number of esters is 1. The third-order valence-corrected chi connectivity index (χ3v) is 6.23. The van der Waals surface area contributed by atoms with Crippen LogP contribution in [-0.4, -0.2) is 35.2 Å². The molecule has 2 rings (SSSR count). The van der Waals surface area contributed by atoms with Crippen molar-refractivity contribution < 1.29 is 22.7 Å². The minimum Gasteiger partial charge on any atom is -0.496 e. The van der Waals surface area contributed by atoms with Crippen LogP contribution in [0.2, 0.25) is 0 Å². The third kappa shape index (κ3) is 4.02. The van der Waals surface area contributed by atoms with E-state index in [1.165, 1.54) is 32.4 Å². The van der Waals surface area contributed by atoms with Gasteiger partial charge >= 0.3 is 5.97 Å². The monoisotopic (exact) mass is 441 g/mol. The smallest absolute Gasteiger partial charge is 0.338 e. The maximum absolute atomic E-state index is 13.0. The van der Waals surface area contributed by atoms with Gasteiger partial charge in [-0.15, -0.1) is 0 Å². The van der Waals surface area contributed by atoms with E-state index in [-0.39, 0.29) is 11.5 Å². The second-order valence-corrected chi connectivity index (χ2v) is 8.31. The highest BCUT2D eigenvalue weighted by molar-refractivity contribution is 9.10. The van der Waals surface area contributed by atoms with Crippen molar-refractivity contribution in [2.45, 2.75) is 18.7 Å². The second-order valence-electron chi connectivity index (χ2n) is 5.49. The Bertz CT molecular complexity index is 927. The van der Waals surface area contributed by atoms with Crippen LogP contribution in [0.15, 0.2) is 45.8 Å². The van der Waals surface area contributed by atoms with Crippen molar-refractivity contribution >= 4 is 37.6 Å². The molecular formula is C18H20BrNO5S. The highest BCUT2D eigenvalue weighted by atomic mass is 79.9. The summed E-state index contributed by atoms with van der Waals surface area (Å²) in [6.45, 7) is 3.74. The number of hydrogen-bond donors (Lipinski definition) is 0. The van der Waals surface area contributed by atoms with Crippen molar-refractivity contribution in [2.24, 2.45) is 0 Å². The lowest BCUT2D eigenvalue weighted by Crippen LogP contribution is -2.27. The average molecular weight is 442 g/mol. The molecule has 0 atom stereocenters. The molecule has 0 aromatic heterocycles. The fraction of sp³-hybridized carbons (Fsp3) is 0.278. The van der Waals surface area contributed by atoms with Crippen molar-refractivity contribution in [3.05, 3.63) is 52.0 Å². The molecule has 0 heterocycles. The lowest BCUT2D eigenvalue weighted by Gasteiger charge is -2.22. The molecule has 140 valence electrons. The van der Waals surface area contributed by atoms with Crippen LogP contribution >= 0.6 is 15.9 Å². The van der Waals surface area contributed by atoms with E-state index in [9.17, 15) is 13.2 Å². The molecule has 0 aliphatic carbocycles. The molecule has 0 amide bonds. The van der Waals surface area contributed by atoms with E-state index in [1.807, 2.05) is 0 Å². The van der Waals surface area contributed by atoms with E-state index < -0.39 is 16.0 Å². The molecule has 0 aliphatic heterocycles. The number of hydrogen-bond acceptors (Lipinski definition) is 5. The van der Waals surface area contributed by atoms with Crippen LogP contribution in [0.4, 0.5) is 5.69 Å². The third-order valence-electron chi connectivity index (χ3n) is 3.84. The fourth-order valence-electron chi connectivity index (χ4n) is 2.39. The van der Waals surface area contributed by atoms with E-state index in [0.717, 1.165) is 9.87 Å². The first kappa shape index (κ1) is 20.3. The minimum atomic E-state index is -3.82. The molecule has 0 fully saturated rings. The van der Waals surface area contributed by atoms with E-state index >= 15 is 0 Å². The Labute approximate surface area is 161 Å². The normalized spacial score (nSPS) is 11.1. The second kappa shape index (κ2) is 8.09. The lowest BCUT2D eigenvalue weighted by molar-refractivity contribution is 0.0526. The topological polar surface area (TPSA) is 72.9 Å².